The molecule has 0 fully saturated rings. The van der Waals surface area contributed by atoms with E-state index in [9.17, 15) is 9.59 Å². The topological polar surface area (TPSA) is 81.4 Å². The number of terminal acetylenes is 1. The molecule has 5 heteroatoms. The first-order valence-corrected chi connectivity index (χ1v) is 8.08. The predicted octanol–water partition coefficient (Wildman–Crippen LogP) is 1.89. The van der Waals surface area contributed by atoms with Gasteiger partial charge in [0.2, 0.25) is 11.8 Å². The second kappa shape index (κ2) is 9.61. The minimum atomic E-state index is -0.732. The molecule has 2 amide bonds. The summed E-state index contributed by atoms with van der Waals surface area (Å²) in [5, 5.41) is 2.75. The first kappa shape index (κ1) is 19.6. The average Bonchev–Trinajstić information content (AvgIpc) is 2.52. The van der Waals surface area contributed by atoms with Gasteiger partial charge in [0.25, 0.3) is 0 Å². The Labute approximate surface area is 144 Å². The SMILES string of the molecule is C#CCOc1ccc(C[C@H](NC(=O)[C@@H](C)CC(C)C)C(N)=O)cc1. The number of nitrogens with two attached hydrogens (primary N) is 1. The lowest BCUT2D eigenvalue weighted by molar-refractivity contribution is -0.129. The van der Waals surface area contributed by atoms with E-state index in [1.165, 1.54) is 0 Å². The third kappa shape index (κ3) is 6.74. The highest BCUT2D eigenvalue weighted by atomic mass is 16.5. The van der Waals surface area contributed by atoms with Crippen molar-refractivity contribution in [1.82, 2.24) is 5.32 Å². The van der Waals surface area contributed by atoms with Crippen LogP contribution in [0.1, 0.15) is 32.8 Å². The highest BCUT2D eigenvalue weighted by molar-refractivity contribution is 5.87. The molecular formula is C19H26N2O3. The zero-order chi connectivity index (χ0) is 18.1. The van der Waals surface area contributed by atoms with Crippen molar-refractivity contribution in [3.8, 4) is 18.1 Å². The van der Waals surface area contributed by atoms with Crippen LogP contribution in [0.2, 0.25) is 0 Å². The number of nitrogens with one attached hydrogen (secondary N) is 1. The third-order valence-corrected chi connectivity index (χ3v) is 3.62. The van der Waals surface area contributed by atoms with Crippen LogP contribution in [0, 0.1) is 24.2 Å². The molecule has 0 heterocycles. The molecule has 0 aliphatic rings. The number of rotatable bonds is 9. The van der Waals surface area contributed by atoms with Crippen LogP contribution in [0.4, 0.5) is 0 Å². The molecule has 0 spiro atoms. The van der Waals surface area contributed by atoms with Crippen LogP contribution in [-0.4, -0.2) is 24.5 Å². The molecule has 1 aromatic rings. The predicted molar refractivity (Wildman–Crippen MR) is 94.2 cm³/mol. The van der Waals surface area contributed by atoms with E-state index in [0.717, 1.165) is 12.0 Å². The molecular weight excluding hydrogens is 304 g/mol. The zero-order valence-corrected chi connectivity index (χ0v) is 14.5. The van der Waals surface area contributed by atoms with Crippen LogP contribution in [0.25, 0.3) is 0 Å². The fourth-order valence-corrected chi connectivity index (χ4v) is 2.43. The molecule has 0 radical (unpaired) electrons. The van der Waals surface area contributed by atoms with E-state index in [1.807, 2.05) is 19.1 Å². The number of hydrogen-bond acceptors (Lipinski definition) is 3. The van der Waals surface area contributed by atoms with Crippen molar-refractivity contribution in [2.45, 2.75) is 39.7 Å². The minimum Gasteiger partial charge on any atom is -0.481 e. The zero-order valence-electron chi connectivity index (χ0n) is 14.5. The van der Waals surface area contributed by atoms with Gasteiger partial charge in [-0.2, -0.15) is 0 Å². The lowest BCUT2D eigenvalue weighted by atomic mass is 9.97. The summed E-state index contributed by atoms with van der Waals surface area (Å²) in [6.07, 6.45) is 6.24. The van der Waals surface area contributed by atoms with Gasteiger partial charge in [-0.25, -0.2) is 0 Å². The van der Waals surface area contributed by atoms with Crippen molar-refractivity contribution in [3.05, 3.63) is 29.8 Å². The maximum atomic E-state index is 12.2. The molecule has 3 N–H and O–H groups in total. The Morgan fingerprint density at radius 3 is 2.38 bits per heavy atom. The molecule has 130 valence electrons. The van der Waals surface area contributed by atoms with Gasteiger partial charge in [0.05, 0.1) is 0 Å². The smallest absolute Gasteiger partial charge is 0.240 e. The van der Waals surface area contributed by atoms with Crippen molar-refractivity contribution in [2.75, 3.05) is 6.61 Å². The first-order chi connectivity index (χ1) is 11.3. The number of amides is 2. The molecule has 2 atom stereocenters. The molecule has 5 nitrogen and oxygen atoms in total. The summed E-state index contributed by atoms with van der Waals surface area (Å²) in [5.74, 6) is 2.60. The fourth-order valence-electron chi connectivity index (χ4n) is 2.43. The summed E-state index contributed by atoms with van der Waals surface area (Å²) < 4.78 is 5.30. The number of benzene rings is 1. The molecule has 1 aromatic carbocycles. The van der Waals surface area contributed by atoms with E-state index in [2.05, 4.69) is 25.1 Å². The largest absolute Gasteiger partial charge is 0.481 e. The normalized spacial score (nSPS) is 13.0. The van der Waals surface area contributed by atoms with Crippen LogP contribution >= 0.6 is 0 Å². The van der Waals surface area contributed by atoms with E-state index in [4.69, 9.17) is 16.9 Å². The van der Waals surface area contributed by atoms with Crippen molar-refractivity contribution >= 4 is 11.8 Å². The summed E-state index contributed by atoms with van der Waals surface area (Å²) in [4.78, 5) is 23.9. The van der Waals surface area contributed by atoms with Crippen molar-refractivity contribution in [2.24, 2.45) is 17.6 Å². The summed E-state index contributed by atoms with van der Waals surface area (Å²) in [7, 11) is 0. The van der Waals surface area contributed by atoms with Crippen LogP contribution < -0.4 is 15.8 Å². The Morgan fingerprint density at radius 1 is 1.25 bits per heavy atom. The molecule has 24 heavy (non-hydrogen) atoms. The van der Waals surface area contributed by atoms with Crippen LogP contribution in [-0.2, 0) is 16.0 Å². The second-order valence-corrected chi connectivity index (χ2v) is 6.34. The lowest BCUT2D eigenvalue weighted by Crippen LogP contribution is -2.47. The monoisotopic (exact) mass is 330 g/mol. The summed E-state index contributed by atoms with van der Waals surface area (Å²) in [6.45, 7) is 6.16. The Kier molecular flexibility index (Phi) is 7.84. The summed E-state index contributed by atoms with van der Waals surface area (Å²) >= 11 is 0. The molecule has 1 rings (SSSR count). The number of carbonyl (C=O) groups excluding carboxylic acids is 2. The van der Waals surface area contributed by atoms with Crippen molar-refractivity contribution in [3.63, 3.8) is 0 Å². The van der Waals surface area contributed by atoms with Gasteiger partial charge in [0.15, 0.2) is 0 Å². The molecule has 0 unspecified atom stereocenters. The Balaban J connectivity index is 2.67. The van der Waals surface area contributed by atoms with E-state index < -0.39 is 11.9 Å². The summed E-state index contributed by atoms with van der Waals surface area (Å²) in [6, 6.07) is 6.46. The van der Waals surface area contributed by atoms with Crippen LogP contribution in [0.5, 0.6) is 5.75 Å². The molecule has 0 bridgehead atoms. The van der Waals surface area contributed by atoms with E-state index in [1.54, 1.807) is 12.1 Å². The van der Waals surface area contributed by atoms with Gasteiger partial charge >= 0.3 is 0 Å². The number of hydrogen-bond donors (Lipinski definition) is 2. The Bertz CT molecular complexity index is 588. The van der Waals surface area contributed by atoms with Crippen molar-refractivity contribution in [1.29, 1.82) is 0 Å². The van der Waals surface area contributed by atoms with Gasteiger partial charge in [-0.15, -0.1) is 6.42 Å². The Morgan fingerprint density at radius 2 is 1.88 bits per heavy atom. The number of ether oxygens (including phenoxy) is 1. The highest BCUT2D eigenvalue weighted by Crippen LogP contribution is 2.15. The van der Waals surface area contributed by atoms with E-state index >= 15 is 0 Å². The number of primary amides is 1. The highest BCUT2D eigenvalue weighted by Gasteiger charge is 2.22. The van der Waals surface area contributed by atoms with Crippen LogP contribution in [0.3, 0.4) is 0 Å². The molecule has 0 saturated heterocycles. The summed E-state index contributed by atoms with van der Waals surface area (Å²) in [5.41, 5.74) is 6.31. The van der Waals surface area contributed by atoms with Gasteiger partial charge in [-0.1, -0.05) is 38.8 Å². The van der Waals surface area contributed by atoms with Crippen LogP contribution in [0.15, 0.2) is 24.3 Å². The standard InChI is InChI=1S/C19H26N2O3/c1-5-10-24-16-8-6-15(7-9-16)12-17(18(20)22)21-19(23)14(4)11-13(2)3/h1,6-9,13-14,17H,10-12H2,2-4H3,(H2,20,22)(H,21,23)/t14-,17-/m0/s1. The number of carbonyl (C=O) groups is 2. The molecule has 0 saturated carbocycles. The maximum absolute atomic E-state index is 12.2. The van der Waals surface area contributed by atoms with Crippen molar-refractivity contribution < 1.29 is 14.3 Å². The lowest BCUT2D eigenvalue weighted by Gasteiger charge is -2.19. The van der Waals surface area contributed by atoms with E-state index in [0.29, 0.717) is 18.1 Å². The molecule has 0 aromatic heterocycles. The Hall–Kier alpha value is -2.48. The van der Waals surface area contributed by atoms with Gasteiger partial charge in [-0.05, 0) is 30.0 Å². The van der Waals surface area contributed by atoms with E-state index in [-0.39, 0.29) is 18.4 Å². The second-order valence-electron chi connectivity index (χ2n) is 6.34. The van der Waals surface area contributed by atoms with Gasteiger partial charge in [-0.3, -0.25) is 9.59 Å². The maximum Gasteiger partial charge on any atom is 0.240 e. The quantitative estimate of drug-likeness (QED) is 0.679. The van der Waals surface area contributed by atoms with Gasteiger partial charge < -0.3 is 15.8 Å². The average molecular weight is 330 g/mol. The molecule has 0 aliphatic heterocycles. The van der Waals surface area contributed by atoms with Gasteiger partial charge in [0, 0.05) is 12.3 Å². The first-order valence-electron chi connectivity index (χ1n) is 8.08. The fraction of sp³-hybridized carbons (Fsp3) is 0.474. The minimum absolute atomic E-state index is 0.151. The van der Waals surface area contributed by atoms with Gasteiger partial charge in [0.1, 0.15) is 18.4 Å². The third-order valence-electron chi connectivity index (χ3n) is 3.62. The molecule has 0 aliphatic carbocycles.